The first kappa shape index (κ1) is 10.9. The van der Waals surface area contributed by atoms with Crippen molar-refractivity contribution in [3.8, 4) is 11.5 Å². The second-order valence-corrected chi connectivity index (χ2v) is 3.02. The van der Waals surface area contributed by atoms with Crippen LogP contribution in [0.1, 0.15) is 12.0 Å². The van der Waals surface area contributed by atoms with Crippen molar-refractivity contribution in [1.29, 1.82) is 0 Å². The highest BCUT2D eigenvalue weighted by Gasteiger charge is 2.01. The molecular formula is C11H16NO2. The molecule has 0 aliphatic carbocycles. The van der Waals surface area contributed by atoms with Gasteiger partial charge in [0.1, 0.15) is 11.5 Å². The monoisotopic (exact) mass is 194 g/mol. The van der Waals surface area contributed by atoms with E-state index in [1.54, 1.807) is 14.2 Å². The van der Waals surface area contributed by atoms with Crippen LogP contribution in [0.15, 0.2) is 12.1 Å². The van der Waals surface area contributed by atoms with Crippen molar-refractivity contribution >= 4 is 0 Å². The first-order valence-corrected chi connectivity index (χ1v) is 4.64. The summed E-state index contributed by atoms with van der Waals surface area (Å²) < 4.78 is 10.2. The third kappa shape index (κ3) is 2.92. The van der Waals surface area contributed by atoms with Crippen LogP contribution in [-0.2, 0) is 6.42 Å². The largest absolute Gasteiger partial charge is 0.496 e. The third-order valence-electron chi connectivity index (χ3n) is 1.99. The van der Waals surface area contributed by atoms with Gasteiger partial charge in [0.25, 0.3) is 0 Å². The van der Waals surface area contributed by atoms with E-state index in [1.165, 1.54) is 5.56 Å². The molecule has 1 aromatic rings. The molecule has 0 aromatic heterocycles. The zero-order chi connectivity index (χ0) is 10.4. The zero-order valence-corrected chi connectivity index (χ0v) is 8.67. The number of methoxy groups -OCH3 is 2. The summed E-state index contributed by atoms with van der Waals surface area (Å²) in [4.78, 5) is 0. The van der Waals surface area contributed by atoms with Gasteiger partial charge >= 0.3 is 0 Å². The molecule has 0 amide bonds. The second kappa shape index (κ2) is 5.50. The minimum atomic E-state index is 0.698. The van der Waals surface area contributed by atoms with Gasteiger partial charge in [-0.2, -0.15) is 0 Å². The predicted octanol–water partition coefficient (Wildman–Crippen LogP) is 1.40. The Kier molecular flexibility index (Phi) is 4.26. The van der Waals surface area contributed by atoms with E-state index in [-0.39, 0.29) is 0 Å². The molecule has 0 atom stereocenters. The van der Waals surface area contributed by atoms with Gasteiger partial charge in [-0.25, -0.2) is 0 Å². The molecule has 1 rings (SSSR count). The Morgan fingerprint density at radius 1 is 1.21 bits per heavy atom. The quantitative estimate of drug-likeness (QED) is 0.770. The van der Waals surface area contributed by atoms with Gasteiger partial charge in [-0.05, 0) is 37.1 Å². The smallest absolute Gasteiger partial charge is 0.130 e. The van der Waals surface area contributed by atoms with Gasteiger partial charge in [-0.1, -0.05) is 0 Å². The lowest BCUT2D eigenvalue weighted by atomic mass is 10.1. The fourth-order valence-corrected chi connectivity index (χ4v) is 1.24. The van der Waals surface area contributed by atoms with Crippen molar-refractivity contribution in [2.75, 3.05) is 20.8 Å². The molecule has 77 valence electrons. The molecule has 0 spiro atoms. The van der Waals surface area contributed by atoms with Crippen LogP contribution in [0.2, 0.25) is 0 Å². The molecular weight excluding hydrogens is 178 g/mol. The van der Waals surface area contributed by atoms with E-state index in [9.17, 15) is 0 Å². The Morgan fingerprint density at radius 2 is 1.79 bits per heavy atom. The van der Waals surface area contributed by atoms with Crippen molar-refractivity contribution in [2.24, 2.45) is 5.73 Å². The van der Waals surface area contributed by atoms with Crippen LogP contribution in [-0.4, -0.2) is 20.8 Å². The highest BCUT2D eigenvalue weighted by Crippen LogP contribution is 2.22. The zero-order valence-electron chi connectivity index (χ0n) is 8.67. The minimum Gasteiger partial charge on any atom is -0.496 e. The van der Waals surface area contributed by atoms with Crippen LogP contribution < -0.4 is 15.2 Å². The van der Waals surface area contributed by atoms with E-state index in [1.807, 2.05) is 12.1 Å². The van der Waals surface area contributed by atoms with Crippen LogP contribution in [0, 0.1) is 6.07 Å². The lowest BCUT2D eigenvalue weighted by Crippen LogP contribution is -2.00. The van der Waals surface area contributed by atoms with Crippen molar-refractivity contribution in [1.82, 2.24) is 0 Å². The summed E-state index contributed by atoms with van der Waals surface area (Å²) >= 11 is 0. The van der Waals surface area contributed by atoms with E-state index >= 15 is 0 Å². The topological polar surface area (TPSA) is 44.5 Å². The predicted molar refractivity (Wildman–Crippen MR) is 55.8 cm³/mol. The fourth-order valence-electron chi connectivity index (χ4n) is 1.24. The highest BCUT2D eigenvalue weighted by atomic mass is 16.5. The normalized spacial score (nSPS) is 9.93. The molecule has 0 heterocycles. The van der Waals surface area contributed by atoms with E-state index in [0.717, 1.165) is 12.8 Å². The number of hydrogen-bond donors (Lipinski definition) is 1. The first-order chi connectivity index (χ1) is 6.80. The standard InChI is InChI=1S/C11H16NO2/c1-13-10-6-9(4-3-5-12)7-11(8-10)14-2/h6-7H,3-5,12H2,1-2H3. The first-order valence-electron chi connectivity index (χ1n) is 4.64. The summed E-state index contributed by atoms with van der Waals surface area (Å²) in [7, 11) is 3.25. The molecule has 0 saturated heterocycles. The van der Waals surface area contributed by atoms with Crippen molar-refractivity contribution in [3.63, 3.8) is 0 Å². The Morgan fingerprint density at radius 3 is 2.21 bits per heavy atom. The maximum absolute atomic E-state index is 5.45. The number of hydrogen-bond acceptors (Lipinski definition) is 3. The Hall–Kier alpha value is -1.22. The van der Waals surface area contributed by atoms with Crippen LogP contribution >= 0.6 is 0 Å². The summed E-state index contributed by atoms with van der Waals surface area (Å²) in [6.45, 7) is 0.698. The van der Waals surface area contributed by atoms with Crippen LogP contribution in [0.3, 0.4) is 0 Å². The van der Waals surface area contributed by atoms with Gasteiger partial charge in [0, 0.05) is 0 Å². The van der Waals surface area contributed by atoms with Crippen molar-refractivity contribution < 1.29 is 9.47 Å². The molecule has 1 aromatic carbocycles. The van der Waals surface area contributed by atoms with Crippen molar-refractivity contribution in [2.45, 2.75) is 12.8 Å². The molecule has 0 unspecified atom stereocenters. The van der Waals surface area contributed by atoms with Gasteiger partial charge < -0.3 is 15.2 Å². The molecule has 1 radical (unpaired) electrons. The third-order valence-corrected chi connectivity index (χ3v) is 1.99. The minimum absolute atomic E-state index is 0.698. The summed E-state index contributed by atoms with van der Waals surface area (Å²) in [6, 6.07) is 6.90. The molecule has 2 N–H and O–H groups in total. The number of aryl methyl sites for hydroxylation is 1. The summed E-state index contributed by atoms with van der Waals surface area (Å²) in [5.41, 5.74) is 6.62. The average molecular weight is 194 g/mol. The Bertz CT molecular complexity index is 264. The van der Waals surface area contributed by atoms with Crippen LogP contribution in [0.5, 0.6) is 11.5 Å². The van der Waals surface area contributed by atoms with Gasteiger partial charge in [0.2, 0.25) is 0 Å². The highest BCUT2D eigenvalue weighted by molar-refractivity contribution is 5.37. The molecule has 3 nitrogen and oxygen atoms in total. The van der Waals surface area contributed by atoms with Crippen molar-refractivity contribution in [3.05, 3.63) is 23.8 Å². The molecule has 14 heavy (non-hydrogen) atoms. The van der Waals surface area contributed by atoms with Gasteiger partial charge in [-0.3, -0.25) is 0 Å². The molecule has 0 fully saturated rings. The SMILES string of the molecule is COc1[c]c(OC)cc(CCCN)c1. The Balaban J connectivity index is 2.81. The molecule has 3 heteroatoms. The number of rotatable bonds is 5. The number of nitrogens with two attached hydrogens (primary N) is 1. The maximum atomic E-state index is 5.45. The van der Waals surface area contributed by atoms with Gasteiger partial charge in [0.05, 0.1) is 20.3 Å². The number of ether oxygens (including phenoxy) is 2. The van der Waals surface area contributed by atoms with Crippen LogP contribution in [0.4, 0.5) is 0 Å². The van der Waals surface area contributed by atoms with Gasteiger partial charge in [-0.15, -0.1) is 0 Å². The summed E-state index contributed by atoms with van der Waals surface area (Å²) in [5, 5.41) is 0. The number of benzene rings is 1. The summed E-state index contributed by atoms with van der Waals surface area (Å²) in [5.74, 6) is 1.41. The van der Waals surface area contributed by atoms with E-state index < -0.39 is 0 Å². The molecule has 0 aliphatic rings. The molecule has 0 aliphatic heterocycles. The fraction of sp³-hybridized carbons (Fsp3) is 0.455. The van der Waals surface area contributed by atoms with Gasteiger partial charge in [0.15, 0.2) is 0 Å². The lowest BCUT2D eigenvalue weighted by Gasteiger charge is -2.07. The average Bonchev–Trinajstić information content (AvgIpc) is 2.25. The van der Waals surface area contributed by atoms with E-state index in [0.29, 0.717) is 18.0 Å². The molecule has 0 bridgehead atoms. The van der Waals surface area contributed by atoms with E-state index in [4.69, 9.17) is 15.2 Å². The molecule has 0 saturated carbocycles. The van der Waals surface area contributed by atoms with Crippen LogP contribution in [0.25, 0.3) is 0 Å². The summed E-state index contributed by atoms with van der Waals surface area (Å²) in [6.07, 6.45) is 1.91. The Labute approximate surface area is 84.8 Å². The second-order valence-electron chi connectivity index (χ2n) is 3.02. The van der Waals surface area contributed by atoms with E-state index in [2.05, 4.69) is 6.07 Å². The maximum Gasteiger partial charge on any atom is 0.130 e. The lowest BCUT2D eigenvalue weighted by molar-refractivity contribution is 0.391.